The SMILES string of the molecule is C/C(=N/NS(=O)(=O)c1ccc(C)c([N+](=O)[O-])c1)c1ccc(Cl)cc1. The quantitative estimate of drug-likeness (QED) is 0.497. The van der Waals surface area contributed by atoms with Crippen LogP contribution < -0.4 is 4.83 Å². The monoisotopic (exact) mass is 367 g/mol. The maximum Gasteiger partial charge on any atom is 0.276 e. The standard InChI is InChI=1S/C15H14ClN3O4S/c1-10-3-8-14(9-15(10)19(20)21)24(22,23)18-17-11(2)12-4-6-13(16)7-5-12/h3-9,18H,1-2H3/b17-11-. The normalized spacial score (nSPS) is 12.0. The average Bonchev–Trinajstić information content (AvgIpc) is 2.53. The maximum atomic E-state index is 12.2. The van der Waals surface area contributed by atoms with Crippen molar-refractivity contribution in [2.75, 3.05) is 0 Å². The highest BCUT2D eigenvalue weighted by molar-refractivity contribution is 7.89. The summed E-state index contributed by atoms with van der Waals surface area (Å²) in [5.41, 5.74) is 1.23. The number of nitro benzene ring substituents is 1. The number of nitrogens with zero attached hydrogens (tertiary/aromatic N) is 2. The Morgan fingerprint density at radius 1 is 1.21 bits per heavy atom. The Labute approximate surface area is 144 Å². The zero-order chi connectivity index (χ0) is 17.9. The third kappa shape index (κ3) is 4.09. The molecule has 1 N–H and O–H groups in total. The van der Waals surface area contributed by atoms with E-state index >= 15 is 0 Å². The number of aryl methyl sites for hydroxylation is 1. The van der Waals surface area contributed by atoms with Crippen LogP contribution in [0.1, 0.15) is 18.1 Å². The molecule has 0 saturated carbocycles. The van der Waals surface area contributed by atoms with Crippen LogP contribution in [0.5, 0.6) is 0 Å². The van der Waals surface area contributed by atoms with Gasteiger partial charge in [-0.05, 0) is 37.6 Å². The third-order valence-electron chi connectivity index (χ3n) is 3.28. The minimum absolute atomic E-state index is 0.229. The van der Waals surface area contributed by atoms with Crippen molar-refractivity contribution in [1.29, 1.82) is 0 Å². The van der Waals surface area contributed by atoms with E-state index in [4.69, 9.17) is 11.6 Å². The van der Waals surface area contributed by atoms with Crippen molar-refractivity contribution in [3.8, 4) is 0 Å². The first-order chi connectivity index (χ1) is 11.2. The van der Waals surface area contributed by atoms with Crippen LogP contribution in [-0.4, -0.2) is 19.1 Å². The van der Waals surface area contributed by atoms with Crippen molar-refractivity contribution in [2.24, 2.45) is 5.10 Å². The molecule has 7 nitrogen and oxygen atoms in total. The molecular weight excluding hydrogens is 354 g/mol. The largest absolute Gasteiger partial charge is 0.276 e. The van der Waals surface area contributed by atoms with E-state index in [9.17, 15) is 18.5 Å². The van der Waals surface area contributed by atoms with E-state index in [1.165, 1.54) is 19.1 Å². The molecule has 0 aliphatic carbocycles. The first-order valence-corrected chi connectivity index (χ1v) is 8.64. The number of halogens is 1. The fourth-order valence-corrected chi connectivity index (χ4v) is 2.89. The summed E-state index contributed by atoms with van der Waals surface area (Å²) in [6, 6.07) is 10.4. The van der Waals surface area contributed by atoms with Crippen LogP contribution in [0.2, 0.25) is 5.02 Å². The molecule has 0 atom stereocenters. The van der Waals surface area contributed by atoms with Gasteiger partial charge >= 0.3 is 0 Å². The fraction of sp³-hybridized carbons (Fsp3) is 0.133. The topological polar surface area (TPSA) is 102 Å². The van der Waals surface area contributed by atoms with Gasteiger partial charge in [0.2, 0.25) is 0 Å². The van der Waals surface area contributed by atoms with Gasteiger partial charge in [-0.3, -0.25) is 10.1 Å². The van der Waals surface area contributed by atoms with Gasteiger partial charge in [0.1, 0.15) is 0 Å². The van der Waals surface area contributed by atoms with E-state index in [2.05, 4.69) is 9.93 Å². The van der Waals surface area contributed by atoms with E-state index in [-0.39, 0.29) is 10.6 Å². The molecule has 0 saturated heterocycles. The number of hydrogen-bond acceptors (Lipinski definition) is 5. The van der Waals surface area contributed by atoms with Gasteiger partial charge in [0.25, 0.3) is 15.7 Å². The molecule has 0 aromatic heterocycles. The summed E-state index contributed by atoms with van der Waals surface area (Å²) >= 11 is 5.79. The zero-order valence-electron chi connectivity index (χ0n) is 12.9. The minimum atomic E-state index is -4.01. The molecule has 126 valence electrons. The number of hydrogen-bond donors (Lipinski definition) is 1. The van der Waals surface area contributed by atoms with Crippen LogP contribution in [0.15, 0.2) is 52.5 Å². The van der Waals surface area contributed by atoms with Gasteiger partial charge in [0.05, 0.1) is 15.5 Å². The molecule has 0 fully saturated rings. The molecule has 2 rings (SSSR count). The number of benzene rings is 2. The predicted octanol–water partition coefficient (Wildman–Crippen LogP) is 3.26. The first-order valence-electron chi connectivity index (χ1n) is 6.78. The Morgan fingerprint density at radius 2 is 1.83 bits per heavy atom. The fourth-order valence-electron chi connectivity index (χ4n) is 1.89. The molecule has 2 aromatic rings. The summed E-state index contributed by atoms with van der Waals surface area (Å²) in [4.78, 5) is 12.2. The minimum Gasteiger partial charge on any atom is -0.258 e. The molecule has 0 bridgehead atoms. The lowest BCUT2D eigenvalue weighted by Gasteiger charge is -2.06. The highest BCUT2D eigenvalue weighted by Crippen LogP contribution is 2.22. The van der Waals surface area contributed by atoms with Crippen molar-refractivity contribution in [3.05, 3.63) is 68.7 Å². The lowest BCUT2D eigenvalue weighted by molar-refractivity contribution is -0.385. The van der Waals surface area contributed by atoms with Gasteiger partial charge < -0.3 is 0 Å². The molecule has 0 aliphatic heterocycles. The molecular formula is C15H14ClN3O4S. The van der Waals surface area contributed by atoms with Crippen molar-refractivity contribution in [2.45, 2.75) is 18.7 Å². The van der Waals surface area contributed by atoms with Crippen LogP contribution in [0.3, 0.4) is 0 Å². The lowest BCUT2D eigenvalue weighted by atomic mass is 10.1. The van der Waals surface area contributed by atoms with E-state index in [1.807, 2.05) is 0 Å². The van der Waals surface area contributed by atoms with E-state index in [0.717, 1.165) is 6.07 Å². The van der Waals surface area contributed by atoms with Gasteiger partial charge in [0.15, 0.2) is 0 Å². The van der Waals surface area contributed by atoms with E-state index in [0.29, 0.717) is 21.9 Å². The molecule has 0 aliphatic rings. The Kier molecular flexibility index (Phi) is 5.20. The molecule has 0 spiro atoms. The molecule has 0 amide bonds. The summed E-state index contributed by atoms with van der Waals surface area (Å²) in [5.74, 6) is 0. The van der Waals surface area contributed by atoms with Crippen LogP contribution in [0, 0.1) is 17.0 Å². The molecule has 9 heteroatoms. The number of nitro groups is 1. The van der Waals surface area contributed by atoms with Gasteiger partial charge in [-0.15, -0.1) is 0 Å². The van der Waals surface area contributed by atoms with Gasteiger partial charge in [-0.25, -0.2) is 0 Å². The molecule has 24 heavy (non-hydrogen) atoms. The second-order valence-corrected chi connectivity index (χ2v) is 7.10. The molecule has 0 heterocycles. The van der Waals surface area contributed by atoms with Crippen molar-refractivity contribution in [1.82, 2.24) is 4.83 Å². The first kappa shape index (κ1) is 17.9. The lowest BCUT2D eigenvalue weighted by Crippen LogP contribution is -2.20. The molecule has 0 unspecified atom stereocenters. The van der Waals surface area contributed by atoms with Crippen LogP contribution >= 0.6 is 11.6 Å². The second-order valence-electron chi connectivity index (χ2n) is 5.00. The zero-order valence-corrected chi connectivity index (χ0v) is 14.4. The summed E-state index contributed by atoms with van der Waals surface area (Å²) in [6.07, 6.45) is 0. The summed E-state index contributed by atoms with van der Waals surface area (Å²) in [6.45, 7) is 3.16. The highest BCUT2D eigenvalue weighted by atomic mass is 35.5. The van der Waals surface area contributed by atoms with Gasteiger partial charge in [-0.1, -0.05) is 29.8 Å². The Morgan fingerprint density at radius 3 is 2.42 bits per heavy atom. The van der Waals surface area contributed by atoms with Crippen molar-refractivity contribution < 1.29 is 13.3 Å². The molecule has 0 radical (unpaired) electrons. The number of rotatable bonds is 5. The number of nitrogens with one attached hydrogen (secondary N) is 1. The summed E-state index contributed by atoms with van der Waals surface area (Å²) in [7, 11) is -4.01. The number of sulfonamides is 1. The predicted molar refractivity (Wildman–Crippen MR) is 91.8 cm³/mol. The highest BCUT2D eigenvalue weighted by Gasteiger charge is 2.19. The summed E-state index contributed by atoms with van der Waals surface area (Å²) < 4.78 is 24.5. The Balaban J connectivity index is 2.28. The van der Waals surface area contributed by atoms with Crippen LogP contribution in [-0.2, 0) is 10.0 Å². The average molecular weight is 368 g/mol. The van der Waals surface area contributed by atoms with Gasteiger partial charge in [-0.2, -0.15) is 18.4 Å². The van der Waals surface area contributed by atoms with E-state index in [1.54, 1.807) is 31.2 Å². The third-order valence-corrected chi connectivity index (χ3v) is 4.74. The number of hydrazone groups is 1. The van der Waals surface area contributed by atoms with Crippen molar-refractivity contribution in [3.63, 3.8) is 0 Å². The Hall–Kier alpha value is -2.45. The maximum absolute atomic E-state index is 12.2. The van der Waals surface area contributed by atoms with Crippen LogP contribution in [0.25, 0.3) is 0 Å². The molecule has 2 aromatic carbocycles. The van der Waals surface area contributed by atoms with E-state index < -0.39 is 14.9 Å². The summed E-state index contributed by atoms with van der Waals surface area (Å²) in [5, 5.41) is 15.3. The van der Waals surface area contributed by atoms with Gasteiger partial charge in [0, 0.05) is 16.7 Å². The second kappa shape index (κ2) is 6.98. The van der Waals surface area contributed by atoms with Crippen molar-refractivity contribution >= 4 is 33.0 Å². The smallest absolute Gasteiger partial charge is 0.258 e. The van der Waals surface area contributed by atoms with Crippen LogP contribution in [0.4, 0.5) is 5.69 Å². The Bertz CT molecular complexity index is 909.